The monoisotopic (exact) mass is 270 g/mol. The topological polar surface area (TPSA) is 48.0 Å². The standard InChI is InChI=1S/C11H11ClN2O2S/c1-8-13-14(11(15)16-8)6-7-17-10-5-3-2-4-9(10)12/h2-5H,6-7H2,1H3. The van der Waals surface area contributed by atoms with E-state index in [1.54, 1.807) is 18.7 Å². The van der Waals surface area contributed by atoms with Crippen molar-refractivity contribution in [2.75, 3.05) is 5.75 Å². The number of aromatic nitrogens is 2. The lowest BCUT2D eigenvalue weighted by Gasteiger charge is -2.02. The number of thioether (sulfide) groups is 1. The van der Waals surface area contributed by atoms with Gasteiger partial charge in [0.05, 0.1) is 11.6 Å². The molecule has 0 unspecified atom stereocenters. The number of nitrogens with zero attached hydrogens (tertiary/aromatic N) is 2. The number of hydrogen-bond donors (Lipinski definition) is 0. The minimum Gasteiger partial charge on any atom is -0.393 e. The number of hydrogen-bond acceptors (Lipinski definition) is 4. The molecular formula is C11H11ClN2O2S. The lowest BCUT2D eigenvalue weighted by Crippen LogP contribution is -2.17. The maximum absolute atomic E-state index is 11.2. The molecule has 0 amide bonds. The molecule has 17 heavy (non-hydrogen) atoms. The van der Waals surface area contributed by atoms with Crippen LogP contribution in [0.3, 0.4) is 0 Å². The Balaban J connectivity index is 1.94. The van der Waals surface area contributed by atoms with Crippen LogP contribution in [0.2, 0.25) is 5.02 Å². The third-order valence-corrected chi connectivity index (χ3v) is 3.60. The molecule has 2 aromatic rings. The quantitative estimate of drug-likeness (QED) is 0.801. The molecule has 0 radical (unpaired) electrons. The Morgan fingerprint density at radius 2 is 2.24 bits per heavy atom. The fourth-order valence-corrected chi connectivity index (χ4v) is 2.52. The highest BCUT2D eigenvalue weighted by atomic mass is 35.5. The Morgan fingerprint density at radius 1 is 1.47 bits per heavy atom. The van der Waals surface area contributed by atoms with Crippen molar-refractivity contribution in [3.05, 3.63) is 45.7 Å². The summed E-state index contributed by atoms with van der Waals surface area (Å²) in [5, 5.41) is 4.68. The van der Waals surface area contributed by atoms with Crippen LogP contribution in [-0.2, 0) is 6.54 Å². The van der Waals surface area contributed by atoms with Gasteiger partial charge in [0.1, 0.15) is 0 Å². The van der Waals surface area contributed by atoms with E-state index < -0.39 is 5.76 Å². The minimum absolute atomic E-state index is 0.387. The minimum atomic E-state index is -0.415. The third kappa shape index (κ3) is 3.14. The van der Waals surface area contributed by atoms with E-state index in [1.165, 1.54) is 4.68 Å². The zero-order chi connectivity index (χ0) is 12.3. The first-order chi connectivity index (χ1) is 8.16. The molecule has 1 aromatic carbocycles. The maximum Gasteiger partial charge on any atom is 0.437 e. The summed E-state index contributed by atoms with van der Waals surface area (Å²) in [6.45, 7) is 2.16. The molecule has 90 valence electrons. The van der Waals surface area contributed by atoms with E-state index in [0.717, 1.165) is 15.7 Å². The number of aryl methyl sites for hydroxylation is 2. The predicted molar refractivity (Wildman–Crippen MR) is 67.7 cm³/mol. The first kappa shape index (κ1) is 12.3. The van der Waals surface area contributed by atoms with Gasteiger partial charge in [-0.1, -0.05) is 23.7 Å². The molecule has 1 aromatic heterocycles. The number of halogens is 1. The number of rotatable bonds is 4. The van der Waals surface area contributed by atoms with Gasteiger partial charge in [0.15, 0.2) is 0 Å². The van der Waals surface area contributed by atoms with E-state index in [1.807, 2.05) is 24.3 Å². The van der Waals surface area contributed by atoms with Crippen molar-refractivity contribution in [1.82, 2.24) is 9.78 Å². The van der Waals surface area contributed by atoms with Gasteiger partial charge in [0.2, 0.25) is 5.89 Å². The van der Waals surface area contributed by atoms with Crippen LogP contribution in [0.1, 0.15) is 5.89 Å². The highest BCUT2D eigenvalue weighted by Crippen LogP contribution is 2.26. The van der Waals surface area contributed by atoms with E-state index >= 15 is 0 Å². The van der Waals surface area contributed by atoms with E-state index in [9.17, 15) is 4.79 Å². The lowest BCUT2D eigenvalue weighted by molar-refractivity contribution is 0.464. The molecule has 0 aliphatic rings. The molecule has 6 heteroatoms. The summed E-state index contributed by atoms with van der Waals surface area (Å²) in [5.41, 5.74) is 0. The first-order valence-corrected chi connectivity index (χ1v) is 6.45. The smallest absolute Gasteiger partial charge is 0.393 e. The number of benzene rings is 1. The molecule has 0 N–H and O–H groups in total. The highest BCUT2D eigenvalue weighted by Gasteiger charge is 2.04. The van der Waals surface area contributed by atoms with E-state index in [2.05, 4.69) is 5.10 Å². The Kier molecular flexibility index (Phi) is 3.91. The van der Waals surface area contributed by atoms with E-state index in [0.29, 0.717) is 12.4 Å². The average Bonchev–Trinajstić information content (AvgIpc) is 2.60. The van der Waals surface area contributed by atoms with Gasteiger partial charge < -0.3 is 4.42 Å². The summed E-state index contributed by atoms with van der Waals surface area (Å²) in [4.78, 5) is 12.3. The molecule has 1 heterocycles. The summed E-state index contributed by atoms with van der Waals surface area (Å²) >= 11 is 7.60. The largest absolute Gasteiger partial charge is 0.437 e. The Morgan fingerprint density at radius 3 is 2.88 bits per heavy atom. The van der Waals surface area contributed by atoms with Crippen molar-refractivity contribution in [2.24, 2.45) is 0 Å². The van der Waals surface area contributed by atoms with Gasteiger partial charge in [-0.15, -0.1) is 16.9 Å². The molecule has 4 nitrogen and oxygen atoms in total. The molecule has 0 saturated heterocycles. The molecule has 0 bridgehead atoms. The van der Waals surface area contributed by atoms with Crippen LogP contribution in [-0.4, -0.2) is 15.5 Å². The van der Waals surface area contributed by atoms with E-state index in [-0.39, 0.29) is 0 Å². The van der Waals surface area contributed by atoms with Crippen molar-refractivity contribution in [1.29, 1.82) is 0 Å². The fraction of sp³-hybridized carbons (Fsp3) is 0.273. The zero-order valence-electron chi connectivity index (χ0n) is 9.22. The zero-order valence-corrected chi connectivity index (χ0v) is 10.8. The van der Waals surface area contributed by atoms with Crippen molar-refractivity contribution >= 4 is 23.4 Å². The third-order valence-electron chi connectivity index (χ3n) is 2.10. The molecule has 0 aliphatic heterocycles. The summed E-state index contributed by atoms with van der Waals surface area (Å²) < 4.78 is 6.12. The van der Waals surface area contributed by atoms with Crippen LogP contribution in [0.25, 0.3) is 0 Å². The summed E-state index contributed by atoms with van der Waals surface area (Å²) in [5.74, 6) is 0.690. The Bertz CT molecular complexity index is 565. The lowest BCUT2D eigenvalue weighted by atomic mass is 10.4. The predicted octanol–water partition coefficient (Wildman–Crippen LogP) is 2.59. The van der Waals surface area contributed by atoms with Gasteiger partial charge in [0.25, 0.3) is 0 Å². The summed E-state index contributed by atoms with van der Waals surface area (Å²) in [6, 6.07) is 7.61. The van der Waals surface area contributed by atoms with Crippen molar-refractivity contribution in [3.8, 4) is 0 Å². The second kappa shape index (κ2) is 5.42. The van der Waals surface area contributed by atoms with Crippen LogP contribution in [0.5, 0.6) is 0 Å². The summed E-state index contributed by atoms with van der Waals surface area (Å²) in [6.07, 6.45) is 0. The van der Waals surface area contributed by atoms with Crippen molar-refractivity contribution in [3.63, 3.8) is 0 Å². The molecule has 0 atom stereocenters. The van der Waals surface area contributed by atoms with Crippen molar-refractivity contribution < 1.29 is 4.42 Å². The molecule has 0 saturated carbocycles. The van der Waals surface area contributed by atoms with Gasteiger partial charge in [-0.3, -0.25) is 0 Å². The van der Waals surface area contributed by atoms with Crippen LogP contribution in [0, 0.1) is 6.92 Å². The molecule has 0 aliphatic carbocycles. The van der Waals surface area contributed by atoms with Crippen LogP contribution in [0.15, 0.2) is 38.4 Å². The Hall–Kier alpha value is -1.20. The maximum atomic E-state index is 11.2. The van der Waals surface area contributed by atoms with Crippen molar-refractivity contribution in [2.45, 2.75) is 18.4 Å². The normalized spacial score (nSPS) is 10.7. The SMILES string of the molecule is Cc1nn(CCSc2ccccc2Cl)c(=O)o1. The second-order valence-corrected chi connectivity index (χ2v) is 4.93. The van der Waals surface area contributed by atoms with Gasteiger partial charge >= 0.3 is 5.76 Å². The van der Waals surface area contributed by atoms with Gasteiger partial charge in [-0.25, -0.2) is 4.79 Å². The highest BCUT2D eigenvalue weighted by molar-refractivity contribution is 7.99. The van der Waals surface area contributed by atoms with Gasteiger partial charge in [-0.2, -0.15) is 4.68 Å². The molecule has 0 spiro atoms. The summed E-state index contributed by atoms with van der Waals surface area (Å²) in [7, 11) is 0. The van der Waals surface area contributed by atoms with Crippen LogP contribution >= 0.6 is 23.4 Å². The van der Waals surface area contributed by atoms with Gasteiger partial charge in [0, 0.05) is 17.6 Å². The second-order valence-electron chi connectivity index (χ2n) is 3.39. The van der Waals surface area contributed by atoms with Gasteiger partial charge in [-0.05, 0) is 12.1 Å². The molecular weight excluding hydrogens is 260 g/mol. The molecule has 2 rings (SSSR count). The average molecular weight is 271 g/mol. The molecule has 0 fully saturated rings. The Labute approximate surface area is 108 Å². The van der Waals surface area contributed by atoms with E-state index in [4.69, 9.17) is 16.0 Å². The van der Waals surface area contributed by atoms with Crippen LogP contribution in [0.4, 0.5) is 0 Å². The first-order valence-electron chi connectivity index (χ1n) is 5.08. The van der Waals surface area contributed by atoms with Crippen LogP contribution < -0.4 is 5.76 Å². The fourth-order valence-electron chi connectivity index (χ4n) is 1.36.